The van der Waals surface area contributed by atoms with E-state index in [0.717, 1.165) is 32.3 Å². The summed E-state index contributed by atoms with van der Waals surface area (Å²) in [6, 6.07) is 14.6. The van der Waals surface area contributed by atoms with Crippen molar-refractivity contribution in [2.45, 2.75) is 57.5 Å². The van der Waals surface area contributed by atoms with Crippen molar-refractivity contribution < 1.29 is 32.2 Å². The largest absolute Gasteiger partial charge is 0.486 e. The molecule has 2 aromatic carbocycles. The summed E-state index contributed by atoms with van der Waals surface area (Å²) >= 11 is 0. The Morgan fingerprint density at radius 3 is 2.47 bits per heavy atom. The smallest absolute Gasteiger partial charge is 0.427 e. The van der Waals surface area contributed by atoms with Crippen molar-refractivity contribution in [3.8, 4) is 5.75 Å². The zero-order valence-corrected chi connectivity index (χ0v) is 20.2. The Morgan fingerprint density at radius 1 is 1.17 bits per heavy atom. The molecule has 0 bridgehead atoms. The molecule has 0 spiro atoms. The van der Waals surface area contributed by atoms with Crippen LogP contribution in [-0.2, 0) is 16.1 Å². The molecule has 0 saturated heterocycles. The second-order valence-corrected chi connectivity index (χ2v) is 9.89. The molecule has 1 unspecified atom stereocenters. The number of anilines is 2. The number of primary amides is 1. The van der Waals surface area contributed by atoms with E-state index in [0.29, 0.717) is 36.9 Å². The number of halogens is 3. The van der Waals surface area contributed by atoms with Crippen molar-refractivity contribution in [1.29, 1.82) is 0 Å². The van der Waals surface area contributed by atoms with Gasteiger partial charge < -0.3 is 20.1 Å². The number of carbonyl (C=O) groups excluding carboxylic acids is 2. The predicted molar refractivity (Wildman–Crippen MR) is 129 cm³/mol. The number of fused-ring (bicyclic) bond motifs is 1. The number of nitrogens with two attached hydrogens (primary N) is 1. The molecular weight excluding hydrogens is 475 g/mol. The van der Waals surface area contributed by atoms with Gasteiger partial charge in [-0.25, -0.2) is 4.79 Å². The third kappa shape index (κ3) is 6.03. The Hall–Kier alpha value is -3.43. The maximum absolute atomic E-state index is 13.1. The van der Waals surface area contributed by atoms with Crippen LogP contribution in [0.15, 0.2) is 48.5 Å². The molecule has 3 N–H and O–H groups in total. The normalized spacial score (nSPS) is 18.6. The molecule has 2 amide bonds. The van der Waals surface area contributed by atoms with Gasteiger partial charge in [0.25, 0.3) is 0 Å². The molecule has 4 rings (SSSR count). The summed E-state index contributed by atoms with van der Waals surface area (Å²) in [6.45, 7) is 2.59. The molecule has 1 saturated carbocycles. The lowest BCUT2D eigenvalue weighted by molar-refractivity contribution is -0.242. The summed E-state index contributed by atoms with van der Waals surface area (Å²) in [5.41, 5.74) is 5.00. The van der Waals surface area contributed by atoms with Crippen LogP contribution in [0.4, 0.5) is 29.3 Å². The monoisotopic (exact) mass is 505 g/mol. The predicted octanol–water partition coefficient (Wildman–Crippen LogP) is 5.25. The minimum atomic E-state index is -4.71. The van der Waals surface area contributed by atoms with E-state index < -0.39 is 17.9 Å². The Balaban J connectivity index is 1.54. The molecule has 2 aliphatic rings. The maximum atomic E-state index is 13.1. The van der Waals surface area contributed by atoms with Crippen molar-refractivity contribution in [3.05, 3.63) is 54.1 Å². The van der Waals surface area contributed by atoms with E-state index in [9.17, 15) is 22.8 Å². The molecule has 36 heavy (non-hydrogen) atoms. The average molecular weight is 506 g/mol. The Morgan fingerprint density at radius 2 is 1.86 bits per heavy atom. The van der Waals surface area contributed by atoms with Crippen LogP contribution in [0, 0.1) is 11.8 Å². The minimum Gasteiger partial charge on any atom is -0.486 e. The fourth-order valence-corrected chi connectivity index (χ4v) is 4.33. The van der Waals surface area contributed by atoms with Crippen LogP contribution in [0.3, 0.4) is 0 Å². The van der Waals surface area contributed by atoms with Gasteiger partial charge in [-0.05, 0) is 62.8 Å². The quantitative estimate of drug-likeness (QED) is 0.512. The highest BCUT2D eigenvalue weighted by atomic mass is 19.4. The number of benzene rings is 2. The second kappa shape index (κ2) is 9.91. The van der Waals surface area contributed by atoms with E-state index in [1.165, 1.54) is 6.07 Å². The van der Waals surface area contributed by atoms with Crippen LogP contribution in [0.2, 0.25) is 0 Å². The summed E-state index contributed by atoms with van der Waals surface area (Å²) in [6.07, 6.45) is -3.71. The summed E-state index contributed by atoms with van der Waals surface area (Å²) in [7, 11) is 0. The van der Waals surface area contributed by atoms with Crippen LogP contribution in [-0.4, -0.2) is 36.4 Å². The Bertz CT molecular complexity index is 1100. The Labute approximate surface area is 207 Å². The first kappa shape index (κ1) is 25.7. The lowest BCUT2D eigenvalue weighted by Crippen LogP contribution is -2.44. The fourth-order valence-electron chi connectivity index (χ4n) is 4.33. The average Bonchev–Trinajstić information content (AvgIpc) is 3.62. The molecule has 2 aromatic rings. The van der Waals surface area contributed by atoms with Crippen LogP contribution in [0.1, 0.15) is 38.7 Å². The third-order valence-corrected chi connectivity index (χ3v) is 6.58. The molecule has 194 valence electrons. The van der Waals surface area contributed by atoms with E-state index >= 15 is 0 Å². The molecule has 0 aromatic heterocycles. The standard InChI is InChI=1S/C26H30F3N3O4/c1-25(2,26(27,28)29)36-24(34)31-18-10-11-22-21(12-18)32(14-16-6-4-3-5-7-16)15-19(35-22)13-20(23(30)33)17-8-9-17/h3-7,10-12,17,19-20H,8-9,13-15H2,1-2H3,(H2,30,33)(H,31,34)/t19-,20?/m0/s1. The van der Waals surface area contributed by atoms with Crippen molar-refractivity contribution in [2.24, 2.45) is 17.6 Å². The molecule has 7 nitrogen and oxygen atoms in total. The van der Waals surface area contributed by atoms with Gasteiger partial charge in [0.15, 0.2) is 0 Å². The second-order valence-electron chi connectivity index (χ2n) is 9.89. The van der Waals surface area contributed by atoms with Gasteiger partial charge in [0.1, 0.15) is 11.9 Å². The highest BCUT2D eigenvalue weighted by Crippen LogP contribution is 2.42. The molecule has 1 aliphatic carbocycles. The molecule has 1 heterocycles. The first-order valence-electron chi connectivity index (χ1n) is 11.9. The number of alkyl halides is 3. The summed E-state index contributed by atoms with van der Waals surface area (Å²) in [5, 5.41) is 2.38. The summed E-state index contributed by atoms with van der Waals surface area (Å²) < 4.78 is 50.1. The first-order valence-corrected chi connectivity index (χ1v) is 11.9. The number of nitrogens with zero attached hydrogens (tertiary/aromatic N) is 1. The van der Waals surface area contributed by atoms with Gasteiger partial charge >= 0.3 is 12.3 Å². The molecular formula is C26H30F3N3O4. The van der Waals surface area contributed by atoms with Crippen LogP contribution in [0.25, 0.3) is 0 Å². The van der Waals surface area contributed by atoms with Gasteiger partial charge in [-0.15, -0.1) is 0 Å². The van der Waals surface area contributed by atoms with E-state index in [2.05, 4.69) is 15.0 Å². The van der Waals surface area contributed by atoms with Gasteiger partial charge in [0, 0.05) is 18.2 Å². The first-order chi connectivity index (χ1) is 16.9. The number of ether oxygens (including phenoxy) is 2. The van der Waals surface area contributed by atoms with Gasteiger partial charge in [0.05, 0.1) is 12.2 Å². The number of nitrogens with one attached hydrogen (secondary N) is 1. The number of hydrogen-bond donors (Lipinski definition) is 2. The van der Waals surface area contributed by atoms with E-state index in [4.69, 9.17) is 10.5 Å². The van der Waals surface area contributed by atoms with E-state index in [1.54, 1.807) is 12.1 Å². The van der Waals surface area contributed by atoms with Crippen molar-refractivity contribution in [3.63, 3.8) is 0 Å². The van der Waals surface area contributed by atoms with E-state index in [-0.39, 0.29) is 23.6 Å². The van der Waals surface area contributed by atoms with Crippen molar-refractivity contribution in [2.75, 3.05) is 16.8 Å². The highest BCUT2D eigenvalue weighted by Gasteiger charge is 2.51. The van der Waals surface area contributed by atoms with Crippen LogP contribution < -0.4 is 20.7 Å². The van der Waals surface area contributed by atoms with E-state index in [1.807, 2.05) is 30.3 Å². The SMILES string of the molecule is CC(C)(OC(=O)Nc1ccc2c(c1)N(Cc1ccccc1)C[C@H](CC(C(N)=O)C1CC1)O2)C(F)(F)F. The number of amides is 2. The Kier molecular flexibility index (Phi) is 7.06. The number of carbonyl (C=O) groups is 2. The summed E-state index contributed by atoms with van der Waals surface area (Å²) in [5.74, 6) is 0.286. The zero-order chi connectivity index (χ0) is 26.1. The number of rotatable bonds is 8. The van der Waals surface area contributed by atoms with Crippen molar-refractivity contribution >= 4 is 23.4 Å². The number of hydrogen-bond acceptors (Lipinski definition) is 5. The van der Waals surface area contributed by atoms with Gasteiger partial charge in [0.2, 0.25) is 11.5 Å². The lowest BCUT2D eigenvalue weighted by Gasteiger charge is -2.37. The maximum Gasteiger partial charge on any atom is 0.427 e. The molecule has 0 radical (unpaired) electrons. The molecule has 1 fully saturated rings. The topological polar surface area (TPSA) is 93.9 Å². The van der Waals surface area contributed by atoms with Gasteiger partial charge in [-0.3, -0.25) is 10.1 Å². The minimum absolute atomic E-state index is 0.247. The lowest BCUT2D eigenvalue weighted by atomic mass is 9.94. The molecule has 1 aliphatic heterocycles. The van der Waals surface area contributed by atoms with Crippen LogP contribution >= 0.6 is 0 Å². The van der Waals surface area contributed by atoms with Gasteiger partial charge in [-0.2, -0.15) is 13.2 Å². The highest BCUT2D eigenvalue weighted by molar-refractivity contribution is 5.86. The van der Waals surface area contributed by atoms with Crippen LogP contribution in [0.5, 0.6) is 5.75 Å². The molecule has 10 heteroatoms. The van der Waals surface area contributed by atoms with Gasteiger partial charge in [-0.1, -0.05) is 30.3 Å². The fraction of sp³-hybridized carbons (Fsp3) is 0.462. The molecule has 2 atom stereocenters. The zero-order valence-electron chi connectivity index (χ0n) is 20.2. The summed E-state index contributed by atoms with van der Waals surface area (Å²) in [4.78, 5) is 26.3. The van der Waals surface area contributed by atoms with Crippen molar-refractivity contribution in [1.82, 2.24) is 0 Å². The third-order valence-electron chi connectivity index (χ3n) is 6.58.